The Balaban J connectivity index is 2.61. The molecule has 1 unspecified atom stereocenters. The average molecular weight is 217 g/mol. The van der Waals surface area contributed by atoms with E-state index in [1.807, 2.05) is 13.8 Å². The van der Waals surface area contributed by atoms with Crippen molar-refractivity contribution in [2.75, 3.05) is 25.4 Å². The Bertz CT molecular complexity index is 202. The number of hydrogen-bond donors (Lipinski definition) is 1. The van der Waals surface area contributed by atoms with Crippen molar-refractivity contribution in [3.63, 3.8) is 0 Å². The van der Waals surface area contributed by atoms with Gasteiger partial charge in [-0.05, 0) is 32.4 Å². The fourth-order valence-corrected chi connectivity index (χ4v) is 3.09. The third-order valence-corrected chi connectivity index (χ3v) is 4.22. The molecule has 1 heterocycles. The van der Waals surface area contributed by atoms with Crippen LogP contribution in [0.25, 0.3) is 0 Å². The Morgan fingerprint density at radius 3 is 2.79 bits per heavy atom. The van der Waals surface area contributed by atoms with E-state index in [9.17, 15) is 4.79 Å². The van der Waals surface area contributed by atoms with Crippen LogP contribution in [0.4, 0.5) is 0 Å². The van der Waals surface area contributed by atoms with Gasteiger partial charge in [-0.3, -0.25) is 4.79 Å². The number of amides is 1. The van der Waals surface area contributed by atoms with E-state index in [4.69, 9.17) is 5.11 Å². The number of aliphatic hydroxyl groups is 1. The SMILES string of the molecule is CCN(CCO)C(=O)C1(C)CCCS1. The van der Waals surface area contributed by atoms with Crippen molar-refractivity contribution in [3.05, 3.63) is 0 Å². The molecule has 0 aromatic rings. The maximum atomic E-state index is 12.1. The summed E-state index contributed by atoms with van der Waals surface area (Å²) in [5.41, 5.74) is 0. The zero-order valence-electron chi connectivity index (χ0n) is 8.95. The monoisotopic (exact) mass is 217 g/mol. The number of hydrogen-bond acceptors (Lipinski definition) is 3. The normalized spacial score (nSPS) is 26.5. The first-order chi connectivity index (χ1) is 6.64. The van der Waals surface area contributed by atoms with Crippen LogP contribution in [0.15, 0.2) is 0 Å². The van der Waals surface area contributed by atoms with E-state index in [2.05, 4.69) is 0 Å². The van der Waals surface area contributed by atoms with Gasteiger partial charge in [0.25, 0.3) is 0 Å². The molecule has 14 heavy (non-hydrogen) atoms. The van der Waals surface area contributed by atoms with Crippen LogP contribution < -0.4 is 0 Å². The molecule has 1 aliphatic rings. The summed E-state index contributed by atoms with van der Waals surface area (Å²) >= 11 is 1.75. The molecule has 1 atom stereocenters. The zero-order chi connectivity index (χ0) is 10.6. The quantitative estimate of drug-likeness (QED) is 0.767. The standard InChI is InChI=1S/C10H19NO2S/c1-3-11(6-7-12)9(13)10(2)5-4-8-14-10/h12H,3-8H2,1-2H3. The summed E-state index contributed by atoms with van der Waals surface area (Å²) in [6.07, 6.45) is 2.10. The van der Waals surface area contributed by atoms with Gasteiger partial charge in [-0.2, -0.15) is 0 Å². The topological polar surface area (TPSA) is 40.5 Å². The predicted molar refractivity (Wildman–Crippen MR) is 59.4 cm³/mol. The van der Waals surface area contributed by atoms with Crippen molar-refractivity contribution in [2.45, 2.75) is 31.4 Å². The van der Waals surface area contributed by atoms with Crippen LogP contribution >= 0.6 is 11.8 Å². The Morgan fingerprint density at radius 1 is 1.64 bits per heavy atom. The summed E-state index contributed by atoms with van der Waals surface area (Å²) in [6, 6.07) is 0. The lowest BCUT2D eigenvalue weighted by Gasteiger charge is -2.29. The Labute approximate surface area is 89.9 Å². The van der Waals surface area contributed by atoms with Crippen molar-refractivity contribution in [1.29, 1.82) is 0 Å². The highest BCUT2D eigenvalue weighted by atomic mass is 32.2. The number of carbonyl (C=O) groups excluding carboxylic acids is 1. The van der Waals surface area contributed by atoms with Crippen LogP contribution in [0.3, 0.4) is 0 Å². The average Bonchev–Trinajstić information content (AvgIpc) is 2.62. The minimum Gasteiger partial charge on any atom is -0.395 e. The largest absolute Gasteiger partial charge is 0.395 e. The molecule has 0 spiro atoms. The van der Waals surface area contributed by atoms with Crippen LogP contribution in [0, 0.1) is 0 Å². The smallest absolute Gasteiger partial charge is 0.238 e. The molecule has 1 rings (SSSR count). The van der Waals surface area contributed by atoms with Gasteiger partial charge in [-0.25, -0.2) is 0 Å². The molecule has 1 N–H and O–H groups in total. The fraction of sp³-hybridized carbons (Fsp3) is 0.900. The van der Waals surface area contributed by atoms with Crippen LogP contribution in [0.1, 0.15) is 26.7 Å². The molecule has 0 aliphatic carbocycles. The summed E-state index contributed by atoms with van der Waals surface area (Å²) in [7, 11) is 0. The molecular formula is C10H19NO2S. The van der Waals surface area contributed by atoms with Gasteiger partial charge < -0.3 is 10.0 Å². The van der Waals surface area contributed by atoms with E-state index in [1.165, 1.54) is 0 Å². The second-order valence-corrected chi connectivity index (χ2v) is 5.39. The van der Waals surface area contributed by atoms with Crippen LogP contribution in [-0.2, 0) is 4.79 Å². The fourth-order valence-electron chi connectivity index (χ4n) is 1.81. The maximum absolute atomic E-state index is 12.1. The summed E-state index contributed by atoms with van der Waals surface area (Å²) < 4.78 is -0.231. The first-order valence-corrected chi connectivity index (χ1v) is 6.17. The van der Waals surface area contributed by atoms with E-state index >= 15 is 0 Å². The second kappa shape index (κ2) is 5.03. The molecule has 0 aromatic carbocycles. The van der Waals surface area contributed by atoms with Gasteiger partial charge in [0.05, 0.1) is 11.4 Å². The zero-order valence-corrected chi connectivity index (χ0v) is 9.77. The summed E-state index contributed by atoms with van der Waals surface area (Å²) in [5.74, 6) is 1.27. The minimum atomic E-state index is -0.231. The first kappa shape index (κ1) is 11.9. The first-order valence-electron chi connectivity index (χ1n) is 5.18. The van der Waals surface area contributed by atoms with E-state index in [-0.39, 0.29) is 17.3 Å². The van der Waals surface area contributed by atoms with Gasteiger partial charge >= 0.3 is 0 Å². The summed E-state index contributed by atoms with van der Waals surface area (Å²) in [6.45, 7) is 5.19. The summed E-state index contributed by atoms with van der Waals surface area (Å²) in [4.78, 5) is 13.8. The van der Waals surface area contributed by atoms with Crippen LogP contribution in [0.2, 0.25) is 0 Å². The Morgan fingerprint density at radius 2 is 2.36 bits per heavy atom. The highest BCUT2D eigenvalue weighted by Crippen LogP contribution is 2.39. The molecule has 3 nitrogen and oxygen atoms in total. The molecule has 0 saturated carbocycles. The lowest BCUT2D eigenvalue weighted by molar-refractivity contribution is -0.133. The van der Waals surface area contributed by atoms with E-state index in [0.717, 1.165) is 18.6 Å². The second-order valence-electron chi connectivity index (χ2n) is 3.79. The number of nitrogens with zero attached hydrogens (tertiary/aromatic N) is 1. The Kier molecular flexibility index (Phi) is 4.26. The molecule has 0 bridgehead atoms. The van der Waals surface area contributed by atoms with Crippen LogP contribution in [-0.4, -0.2) is 46.1 Å². The highest BCUT2D eigenvalue weighted by molar-refractivity contribution is 8.01. The van der Waals surface area contributed by atoms with E-state index in [0.29, 0.717) is 13.1 Å². The van der Waals surface area contributed by atoms with Crippen molar-refractivity contribution >= 4 is 17.7 Å². The molecule has 1 aliphatic heterocycles. The van der Waals surface area contributed by atoms with Crippen molar-refractivity contribution < 1.29 is 9.90 Å². The Hall–Kier alpha value is -0.220. The number of thioether (sulfide) groups is 1. The minimum absolute atomic E-state index is 0.0559. The van der Waals surface area contributed by atoms with E-state index in [1.54, 1.807) is 16.7 Å². The van der Waals surface area contributed by atoms with Crippen molar-refractivity contribution in [2.24, 2.45) is 0 Å². The van der Waals surface area contributed by atoms with E-state index < -0.39 is 0 Å². The van der Waals surface area contributed by atoms with Crippen LogP contribution in [0.5, 0.6) is 0 Å². The number of aliphatic hydroxyl groups excluding tert-OH is 1. The lowest BCUT2D eigenvalue weighted by Crippen LogP contribution is -2.44. The third-order valence-electron chi connectivity index (χ3n) is 2.71. The van der Waals surface area contributed by atoms with Gasteiger partial charge in [-0.15, -0.1) is 11.8 Å². The van der Waals surface area contributed by atoms with Gasteiger partial charge in [0.15, 0.2) is 0 Å². The third kappa shape index (κ3) is 2.42. The molecule has 1 fully saturated rings. The van der Waals surface area contributed by atoms with Gasteiger partial charge in [0, 0.05) is 13.1 Å². The lowest BCUT2D eigenvalue weighted by atomic mass is 10.0. The molecule has 82 valence electrons. The predicted octanol–water partition coefficient (Wildman–Crippen LogP) is 1.11. The maximum Gasteiger partial charge on any atom is 0.238 e. The van der Waals surface area contributed by atoms with Crippen molar-refractivity contribution in [1.82, 2.24) is 4.90 Å². The summed E-state index contributed by atoms with van der Waals surface area (Å²) in [5, 5.41) is 8.84. The number of likely N-dealkylation sites (N-methyl/N-ethyl adjacent to an activating group) is 1. The van der Waals surface area contributed by atoms with Crippen molar-refractivity contribution in [3.8, 4) is 0 Å². The van der Waals surface area contributed by atoms with Gasteiger partial charge in [0.2, 0.25) is 5.91 Å². The van der Waals surface area contributed by atoms with Gasteiger partial charge in [-0.1, -0.05) is 0 Å². The molecule has 1 saturated heterocycles. The molecule has 4 heteroatoms. The van der Waals surface area contributed by atoms with Gasteiger partial charge in [0.1, 0.15) is 0 Å². The molecule has 0 radical (unpaired) electrons. The molecular weight excluding hydrogens is 198 g/mol. The molecule has 0 aromatic heterocycles. The number of rotatable bonds is 4. The molecule has 1 amide bonds. The highest BCUT2D eigenvalue weighted by Gasteiger charge is 2.39. The number of carbonyl (C=O) groups is 1.